The van der Waals surface area contributed by atoms with Crippen LogP contribution in [-0.2, 0) is 16.8 Å². The summed E-state index contributed by atoms with van der Waals surface area (Å²) in [5.41, 5.74) is -2.68. The summed E-state index contributed by atoms with van der Waals surface area (Å²) in [4.78, 5) is 14.8. The molecule has 1 amide bonds. The molecule has 0 aromatic heterocycles. The van der Waals surface area contributed by atoms with E-state index in [4.69, 9.17) is 23.2 Å². The minimum absolute atomic E-state index is 0.0840. The molecule has 1 heterocycles. The van der Waals surface area contributed by atoms with Gasteiger partial charge >= 0.3 is 6.18 Å². The third-order valence-electron chi connectivity index (χ3n) is 7.53. The maximum absolute atomic E-state index is 13.3. The summed E-state index contributed by atoms with van der Waals surface area (Å²) in [5, 5.41) is 19.9. The summed E-state index contributed by atoms with van der Waals surface area (Å²) >= 11 is 12.5. The second kappa shape index (κ2) is 10.1. The monoisotopic (exact) mass is 531 g/mol. The number of carbonyl (C=O) groups excluding carboxylic acids is 1. The van der Waals surface area contributed by atoms with Gasteiger partial charge in [0.05, 0.1) is 11.4 Å². The second-order valence-electron chi connectivity index (χ2n) is 9.54. The molecule has 0 spiro atoms. The van der Waals surface area contributed by atoms with Gasteiger partial charge < -0.3 is 15.1 Å². The Kier molecular flexibility index (Phi) is 8.12. The van der Waals surface area contributed by atoms with E-state index < -0.39 is 30.2 Å². The highest BCUT2D eigenvalue weighted by Crippen LogP contribution is 2.47. The van der Waals surface area contributed by atoms with E-state index in [9.17, 15) is 37.0 Å². The largest absolute Gasteiger partial charge is 0.414 e. The molecular weight excluding hydrogens is 504 g/mol. The Bertz CT molecular complexity index is 911. The number of piperidine rings is 1. The van der Waals surface area contributed by atoms with Crippen molar-refractivity contribution in [2.45, 2.75) is 76.3 Å². The Balaban J connectivity index is 1.80. The molecule has 6 atom stereocenters. The first kappa shape index (κ1) is 27.4. The minimum atomic E-state index is -4.69. The molecule has 11 heteroatoms. The smallest absolute Gasteiger partial charge is 0.383 e. The van der Waals surface area contributed by atoms with Crippen molar-refractivity contribution in [1.82, 2.24) is 4.90 Å². The zero-order valence-corrected chi connectivity index (χ0v) is 20.3. The van der Waals surface area contributed by atoms with Crippen LogP contribution < -0.4 is 0 Å². The van der Waals surface area contributed by atoms with Crippen LogP contribution in [0, 0.1) is 17.8 Å². The zero-order valence-electron chi connectivity index (χ0n) is 18.8. The molecular formula is C23H28Cl2F5NO3. The number of hydrogen-bond donors (Lipinski definition) is 2. The van der Waals surface area contributed by atoms with Crippen molar-refractivity contribution in [2.75, 3.05) is 6.54 Å². The molecule has 34 heavy (non-hydrogen) atoms. The molecule has 2 unspecified atom stereocenters. The third-order valence-corrected chi connectivity index (χ3v) is 8.32. The van der Waals surface area contributed by atoms with E-state index in [0.717, 1.165) is 6.92 Å². The highest BCUT2D eigenvalue weighted by molar-refractivity contribution is 6.36. The molecule has 1 aromatic carbocycles. The van der Waals surface area contributed by atoms with Gasteiger partial charge in [-0.15, -0.1) is 0 Å². The maximum atomic E-state index is 13.3. The highest BCUT2D eigenvalue weighted by atomic mass is 35.5. The fourth-order valence-corrected chi connectivity index (χ4v) is 6.29. The van der Waals surface area contributed by atoms with Crippen LogP contribution in [-0.4, -0.2) is 52.3 Å². The van der Waals surface area contributed by atoms with Gasteiger partial charge in [0.1, 0.15) is 5.60 Å². The van der Waals surface area contributed by atoms with Crippen molar-refractivity contribution < 1.29 is 37.0 Å². The van der Waals surface area contributed by atoms with Gasteiger partial charge in [0.25, 0.3) is 6.43 Å². The number of aliphatic hydroxyl groups excluding tert-OH is 1. The Morgan fingerprint density at radius 2 is 1.82 bits per heavy atom. The molecule has 0 radical (unpaired) electrons. The fourth-order valence-electron chi connectivity index (χ4n) is 5.59. The standard InChI is InChI=1S/C23H28Cl2F5NO3/c1-11-12-4-3-5-14(20(33)23(28,29)30)13(12)8-9-31(11)18(32)10-15-17(24)7-6-16(19(15)25)22(2,34)21(26)27/h6-7,11-14,20-21,33-34H,3-5,8-10H2,1-2H3/t11?,12-,13?,14-,20-,22+/m0/s1. The van der Waals surface area contributed by atoms with Gasteiger partial charge in [-0.3, -0.25) is 4.79 Å². The first-order valence-corrected chi connectivity index (χ1v) is 12.0. The van der Waals surface area contributed by atoms with Gasteiger partial charge in [-0.05, 0) is 62.5 Å². The Morgan fingerprint density at radius 3 is 2.41 bits per heavy atom. The molecule has 1 aliphatic heterocycles. The van der Waals surface area contributed by atoms with Crippen molar-refractivity contribution in [3.63, 3.8) is 0 Å². The molecule has 1 aliphatic carbocycles. The molecule has 4 nitrogen and oxygen atoms in total. The van der Waals surface area contributed by atoms with E-state index in [-0.39, 0.29) is 64.3 Å². The Hall–Kier alpha value is -1.16. The number of benzene rings is 1. The van der Waals surface area contributed by atoms with E-state index in [0.29, 0.717) is 19.3 Å². The maximum Gasteiger partial charge on any atom is 0.414 e. The van der Waals surface area contributed by atoms with Crippen LogP contribution >= 0.6 is 23.2 Å². The number of halogens is 7. The van der Waals surface area contributed by atoms with Gasteiger partial charge in [0, 0.05) is 23.2 Å². The van der Waals surface area contributed by atoms with E-state index >= 15 is 0 Å². The van der Waals surface area contributed by atoms with Gasteiger partial charge in [0.15, 0.2) is 6.10 Å². The number of rotatable bonds is 5. The highest BCUT2D eigenvalue weighted by Gasteiger charge is 2.51. The van der Waals surface area contributed by atoms with Crippen LogP contribution in [0.5, 0.6) is 0 Å². The lowest BCUT2D eigenvalue weighted by Gasteiger charge is -2.50. The number of amides is 1. The van der Waals surface area contributed by atoms with Crippen molar-refractivity contribution in [2.24, 2.45) is 17.8 Å². The summed E-state index contributed by atoms with van der Waals surface area (Å²) in [6.07, 6.45) is -8.75. The van der Waals surface area contributed by atoms with Crippen molar-refractivity contribution in [1.29, 1.82) is 0 Å². The van der Waals surface area contributed by atoms with Gasteiger partial charge in [-0.1, -0.05) is 35.7 Å². The van der Waals surface area contributed by atoms with Gasteiger partial charge in [-0.25, -0.2) is 8.78 Å². The Labute approximate surface area is 205 Å². The van der Waals surface area contributed by atoms with Crippen LogP contribution in [0.15, 0.2) is 12.1 Å². The van der Waals surface area contributed by atoms with Crippen LogP contribution in [0.3, 0.4) is 0 Å². The van der Waals surface area contributed by atoms with Crippen molar-refractivity contribution >= 4 is 29.1 Å². The predicted octanol–water partition coefficient (Wildman–Crippen LogP) is 5.59. The first-order chi connectivity index (χ1) is 15.7. The van der Waals surface area contributed by atoms with Crippen LogP contribution in [0.25, 0.3) is 0 Å². The second-order valence-corrected chi connectivity index (χ2v) is 10.3. The van der Waals surface area contributed by atoms with Crippen molar-refractivity contribution in [3.8, 4) is 0 Å². The molecule has 2 N–H and O–H groups in total. The SMILES string of the molecule is CC1[C@@H]2CCC[C@H]([C@H](O)C(F)(F)F)C2CCN1C(=O)Cc1c(Cl)ccc([C@@](C)(O)C(F)F)c1Cl. The number of fused-ring (bicyclic) bond motifs is 1. The Morgan fingerprint density at radius 1 is 1.18 bits per heavy atom. The number of alkyl halides is 5. The minimum Gasteiger partial charge on any atom is -0.383 e. The summed E-state index contributed by atoms with van der Waals surface area (Å²) in [6.45, 7) is 2.89. The number of nitrogens with zero attached hydrogens (tertiary/aromatic N) is 1. The van der Waals surface area contributed by atoms with Crippen molar-refractivity contribution in [3.05, 3.63) is 33.3 Å². The zero-order chi connectivity index (χ0) is 25.6. The predicted molar refractivity (Wildman–Crippen MR) is 118 cm³/mol. The van der Waals surface area contributed by atoms with E-state index in [1.165, 1.54) is 12.1 Å². The lowest BCUT2D eigenvalue weighted by Crippen LogP contribution is -2.55. The van der Waals surface area contributed by atoms with E-state index in [1.807, 2.05) is 0 Å². The lowest BCUT2D eigenvalue weighted by molar-refractivity contribution is -0.233. The van der Waals surface area contributed by atoms with Crippen LogP contribution in [0.2, 0.25) is 10.0 Å². The van der Waals surface area contributed by atoms with Gasteiger partial charge in [0.2, 0.25) is 5.91 Å². The first-order valence-electron chi connectivity index (χ1n) is 11.2. The number of aliphatic hydroxyl groups is 2. The molecule has 2 fully saturated rings. The molecule has 1 aromatic rings. The average molecular weight is 532 g/mol. The normalized spacial score (nSPS) is 28.4. The number of likely N-dealkylation sites (tertiary alicyclic amines) is 1. The summed E-state index contributed by atoms with van der Waals surface area (Å²) < 4.78 is 66.2. The quantitative estimate of drug-likeness (QED) is 0.487. The number of hydrogen-bond acceptors (Lipinski definition) is 3. The molecule has 3 rings (SSSR count). The fraction of sp³-hybridized carbons (Fsp3) is 0.696. The van der Waals surface area contributed by atoms with Crippen LogP contribution in [0.4, 0.5) is 22.0 Å². The van der Waals surface area contributed by atoms with Crippen LogP contribution in [0.1, 0.15) is 50.7 Å². The summed E-state index contributed by atoms with van der Waals surface area (Å²) in [6, 6.07) is 2.11. The third kappa shape index (κ3) is 5.18. The summed E-state index contributed by atoms with van der Waals surface area (Å²) in [7, 11) is 0. The molecule has 1 saturated heterocycles. The number of carbonyl (C=O) groups is 1. The molecule has 2 aliphatic rings. The van der Waals surface area contributed by atoms with Gasteiger partial charge in [-0.2, -0.15) is 13.2 Å². The van der Waals surface area contributed by atoms with E-state index in [2.05, 4.69) is 0 Å². The van der Waals surface area contributed by atoms with E-state index in [1.54, 1.807) is 11.8 Å². The topological polar surface area (TPSA) is 60.8 Å². The molecule has 1 saturated carbocycles. The summed E-state index contributed by atoms with van der Waals surface area (Å²) in [5.74, 6) is -1.86. The molecule has 192 valence electrons. The lowest BCUT2D eigenvalue weighted by atomic mass is 9.64. The molecule has 0 bridgehead atoms. The average Bonchev–Trinajstić information content (AvgIpc) is 2.75.